The van der Waals surface area contributed by atoms with Crippen molar-refractivity contribution in [2.75, 3.05) is 46.7 Å². The number of rotatable bonds is 8. The Bertz CT molecular complexity index is 697. The lowest BCUT2D eigenvalue weighted by atomic mass is 9.90. The van der Waals surface area contributed by atoms with Gasteiger partial charge >= 0.3 is 0 Å². The maximum atomic E-state index is 12.7. The Morgan fingerprint density at radius 3 is 2.38 bits per heavy atom. The molecule has 0 spiro atoms. The molecule has 1 heterocycles. The van der Waals surface area contributed by atoms with E-state index in [0.29, 0.717) is 38.2 Å². The lowest BCUT2D eigenvalue weighted by Gasteiger charge is -2.37. The van der Waals surface area contributed by atoms with E-state index in [-0.39, 0.29) is 10.8 Å². The van der Waals surface area contributed by atoms with Crippen molar-refractivity contribution in [3.8, 4) is 5.75 Å². The first-order valence-electron chi connectivity index (χ1n) is 8.73. The second-order valence-electron chi connectivity index (χ2n) is 6.62. The summed E-state index contributed by atoms with van der Waals surface area (Å²) in [4.78, 5) is 14.7. The highest BCUT2D eigenvalue weighted by Gasteiger charge is 2.41. The number of benzene rings is 1. The number of likely N-dealkylation sites (N-methyl/N-ethyl adjacent to an activating group) is 1. The summed E-state index contributed by atoms with van der Waals surface area (Å²) in [6, 6.07) is 6.33. The smallest absolute Gasteiger partial charge is 0.254 e. The van der Waals surface area contributed by atoms with Gasteiger partial charge < -0.3 is 19.7 Å². The lowest BCUT2D eigenvalue weighted by molar-refractivity contribution is -0.157. The Hall–Kier alpha value is -1.64. The second-order valence-corrected chi connectivity index (χ2v) is 8.64. The molecule has 0 saturated carbocycles. The zero-order chi connectivity index (χ0) is 19.2. The third-order valence-corrected chi connectivity index (χ3v) is 5.83. The highest BCUT2D eigenvalue weighted by Crippen LogP contribution is 2.24. The number of methoxy groups -OCH3 is 1. The van der Waals surface area contributed by atoms with Gasteiger partial charge in [0.25, 0.3) is 5.91 Å². The topological polar surface area (TPSA) is 84.9 Å². The second kappa shape index (κ2) is 8.83. The lowest BCUT2D eigenvalue weighted by Crippen LogP contribution is -2.54. The predicted molar refractivity (Wildman–Crippen MR) is 99.1 cm³/mol. The van der Waals surface area contributed by atoms with Gasteiger partial charge in [-0.1, -0.05) is 0 Å². The fourth-order valence-corrected chi connectivity index (χ4v) is 3.69. The number of nitrogens with zero attached hydrogens (tertiary/aromatic N) is 1. The van der Waals surface area contributed by atoms with Gasteiger partial charge in [-0.15, -0.1) is 0 Å². The molecule has 0 atom stereocenters. The molecule has 0 aromatic heterocycles. The van der Waals surface area contributed by atoms with Crippen LogP contribution in [0.2, 0.25) is 0 Å². The first kappa shape index (κ1) is 20.7. The molecule has 1 saturated heterocycles. The van der Waals surface area contributed by atoms with Crippen LogP contribution in [-0.4, -0.2) is 71.5 Å². The summed E-state index contributed by atoms with van der Waals surface area (Å²) >= 11 is 0. The van der Waals surface area contributed by atoms with Crippen LogP contribution in [0, 0.1) is 0 Å². The Morgan fingerprint density at radius 1 is 1.23 bits per heavy atom. The molecule has 1 fully saturated rings. The third kappa shape index (κ3) is 5.18. The van der Waals surface area contributed by atoms with E-state index in [1.165, 1.54) is 18.4 Å². The fraction of sp³-hybridized carbons (Fsp3) is 0.611. The Balaban J connectivity index is 1.79. The SMILES string of the molecule is COC1(C(=O)N(C)CCCOc2ccc(S(C)(=O)=O)cc2)CCNCC1. The number of nitrogens with one attached hydrogen (secondary N) is 1. The number of piperidine rings is 1. The third-order valence-electron chi connectivity index (χ3n) is 4.70. The molecule has 1 amide bonds. The van der Waals surface area contributed by atoms with Gasteiger partial charge in [-0.05, 0) is 56.6 Å². The van der Waals surface area contributed by atoms with E-state index >= 15 is 0 Å². The molecule has 0 unspecified atom stereocenters. The van der Waals surface area contributed by atoms with E-state index in [1.807, 2.05) is 0 Å². The number of sulfone groups is 1. The number of hydrogen-bond donors (Lipinski definition) is 1. The molecule has 7 nitrogen and oxygen atoms in total. The van der Waals surface area contributed by atoms with Crippen LogP contribution in [-0.2, 0) is 19.4 Å². The van der Waals surface area contributed by atoms with Crippen molar-refractivity contribution in [2.24, 2.45) is 0 Å². The van der Waals surface area contributed by atoms with Gasteiger partial charge in [0.1, 0.15) is 11.4 Å². The van der Waals surface area contributed by atoms with E-state index in [4.69, 9.17) is 9.47 Å². The van der Waals surface area contributed by atoms with Crippen LogP contribution < -0.4 is 10.1 Å². The molecule has 0 bridgehead atoms. The van der Waals surface area contributed by atoms with Crippen LogP contribution in [0.25, 0.3) is 0 Å². The number of carbonyl (C=O) groups excluding carboxylic acids is 1. The molecule has 0 radical (unpaired) electrons. The van der Waals surface area contributed by atoms with Gasteiger partial charge in [0.2, 0.25) is 0 Å². The fourth-order valence-electron chi connectivity index (χ4n) is 3.06. The predicted octanol–water partition coefficient (Wildman–Crippen LogP) is 1.09. The van der Waals surface area contributed by atoms with Gasteiger partial charge in [0, 0.05) is 27.0 Å². The summed E-state index contributed by atoms with van der Waals surface area (Å²) < 4.78 is 34.1. The number of hydrogen-bond acceptors (Lipinski definition) is 6. The van der Waals surface area contributed by atoms with Gasteiger partial charge in [0.05, 0.1) is 11.5 Å². The maximum absolute atomic E-state index is 12.7. The summed E-state index contributed by atoms with van der Waals surface area (Å²) in [6.07, 6.45) is 3.20. The quantitative estimate of drug-likeness (QED) is 0.676. The highest BCUT2D eigenvalue weighted by atomic mass is 32.2. The number of carbonyl (C=O) groups is 1. The average Bonchev–Trinajstić information content (AvgIpc) is 2.64. The zero-order valence-electron chi connectivity index (χ0n) is 15.7. The van der Waals surface area contributed by atoms with Crippen molar-refractivity contribution >= 4 is 15.7 Å². The number of amides is 1. The minimum atomic E-state index is -3.20. The van der Waals surface area contributed by atoms with Gasteiger partial charge in [0.15, 0.2) is 9.84 Å². The monoisotopic (exact) mass is 384 g/mol. The zero-order valence-corrected chi connectivity index (χ0v) is 16.5. The molecular formula is C18H28N2O5S. The van der Waals surface area contributed by atoms with Crippen molar-refractivity contribution in [1.29, 1.82) is 0 Å². The highest BCUT2D eigenvalue weighted by molar-refractivity contribution is 7.90. The Morgan fingerprint density at radius 2 is 1.85 bits per heavy atom. The van der Waals surface area contributed by atoms with Crippen molar-refractivity contribution in [3.63, 3.8) is 0 Å². The first-order valence-corrected chi connectivity index (χ1v) is 10.6. The van der Waals surface area contributed by atoms with Crippen LogP contribution in [0.15, 0.2) is 29.2 Å². The maximum Gasteiger partial charge on any atom is 0.254 e. The molecule has 1 aliphatic heterocycles. The van der Waals surface area contributed by atoms with Crippen molar-refractivity contribution in [3.05, 3.63) is 24.3 Å². The first-order chi connectivity index (χ1) is 12.3. The summed E-state index contributed by atoms with van der Waals surface area (Å²) in [5.74, 6) is 0.622. The molecule has 1 N–H and O–H groups in total. The molecular weight excluding hydrogens is 356 g/mol. The van der Waals surface area contributed by atoms with Crippen molar-refractivity contribution in [2.45, 2.75) is 29.8 Å². The van der Waals surface area contributed by atoms with Gasteiger partial charge in [-0.2, -0.15) is 0 Å². The van der Waals surface area contributed by atoms with Crippen LogP contribution >= 0.6 is 0 Å². The number of ether oxygens (including phenoxy) is 2. The molecule has 1 aromatic rings. The minimum Gasteiger partial charge on any atom is -0.494 e. The summed E-state index contributed by atoms with van der Waals surface area (Å²) in [7, 11) is 0.181. The van der Waals surface area contributed by atoms with Gasteiger partial charge in [-0.3, -0.25) is 4.79 Å². The summed E-state index contributed by atoms with van der Waals surface area (Å²) in [6.45, 7) is 2.57. The standard InChI is InChI=1S/C18H28N2O5S/c1-20(17(21)18(24-2)9-11-19-12-10-18)13-4-14-25-15-5-7-16(8-6-15)26(3,22)23/h5-8,19H,4,9-14H2,1-3H3. The molecule has 0 aliphatic carbocycles. The van der Waals surface area contributed by atoms with Crippen LogP contribution in [0.3, 0.4) is 0 Å². The molecule has 8 heteroatoms. The van der Waals surface area contributed by atoms with E-state index in [9.17, 15) is 13.2 Å². The van der Waals surface area contributed by atoms with Crippen molar-refractivity contribution in [1.82, 2.24) is 10.2 Å². The Kier molecular flexibility index (Phi) is 7.02. The normalized spacial score (nSPS) is 16.9. The van der Waals surface area contributed by atoms with Crippen LogP contribution in [0.4, 0.5) is 0 Å². The van der Waals surface area contributed by atoms with E-state index in [0.717, 1.165) is 13.1 Å². The molecule has 26 heavy (non-hydrogen) atoms. The summed E-state index contributed by atoms with van der Waals surface area (Å²) in [5.41, 5.74) is -0.720. The minimum absolute atomic E-state index is 0.0130. The largest absolute Gasteiger partial charge is 0.494 e. The van der Waals surface area contributed by atoms with Crippen LogP contribution in [0.1, 0.15) is 19.3 Å². The van der Waals surface area contributed by atoms with Crippen LogP contribution in [0.5, 0.6) is 5.75 Å². The summed E-state index contributed by atoms with van der Waals surface area (Å²) in [5, 5.41) is 3.24. The van der Waals surface area contributed by atoms with E-state index in [2.05, 4.69) is 5.32 Å². The molecule has 146 valence electrons. The van der Waals surface area contributed by atoms with E-state index in [1.54, 1.807) is 31.2 Å². The molecule has 1 aromatic carbocycles. The Labute approximate surface area is 155 Å². The van der Waals surface area contributed by atoms with Gasteiger partial charge in [-0.25, -0.2) is 8.42 Å². The average molecular weight is 384 g/mol. The van der Waals surface area contributed by atoms with Crippen molar-refractivity contribution < 1.29 is 22.7 Å². The molecule has 1 aliphatic rings. The van der Waals surface area contributed by atoms with E-state index < -0.39 is 15.4 Å². The molecule has 2 rings (SSSR count).